The second kappa shape index (κ2) is 5.63. The standard InChI is InChI=1S/C10H15F3N2S/c1-3-4-7-8(6-14-2)16-9(15-7)5-10(11,12)13/h14H,3-6H2,1-2H3. The van der Waals surface area contributed by atoms with Gasteiger partial charge >= 0.3 is 6.18 Å². The summed E-state index contributed by atoms with van der Waals surface area (Å²) >= 11 is 1.16. The van der Waals surface area contributed by atoms with Gasteiger partial charge < -0.3 is 5.32 Å². The first-order valence-corrected chi connectivity index (χ1v) is 5.96. The molecule has 0 saturated heterocycles. The zero-order chi connectivity index (χ0) is 12.2. The lowest BCUT2D eigenvalue weighted by Crippen LogP contribution is -2.11. The summed E-state index contributed by atoms with van der Waals surface area (Å²) in [6.45, 7) is 2.58. The number of hydrogen-bond donors (Lipinski definition) is 1. The number of nitrogens with zero attached hydrogens (tertiary/aromatic N) is 1. The van der Waals surface area contributed by atoms with Gasteiger partial charge in [0.15, 0.2) is 0 Å². The Morgan fingerprint density at radius 2 is 2.06 bits per heavy atom. The molecule has 1 aromatic heterocycles. The maximum Gasteiger partial charge on any atom is 0.395 e. The number of aryl methyl sites for hydroxylation is 1. The number of hydrogen-bond acceptors (Lipinski definition) is 3. The smallest absolute Gasteiger partial charge is 0.315 e. The zero-order valence-electron chi connectivity index (χ0n) is 9.32. The van der Waals surface area contributed by atoms with Crippen molar-refractivity contribution in [3.63, 3.8) is 0 Å². The van der Waals surface area contributed by atoms with Gasteiger partial charge in [0, 0.05) is 11.4 Å². The van der Waals surface area contributed by atoms with Gasteiger partial charge in [0.05, 0.1) is 12.1 Å². The van der Waals surface area contributed by atoms with E-state index in [1.165, 1.54) is 0 Å². The lowest BCUT2D eigenvalue weighted by molar-refractivity contribution is -0.127. The van der Waals surface area contributed by atoms with Crippen LogP contribution in [0, 0.1) is 0 Å². The highest BCUT2D eigenvalue weighted by Crippen LogP contribution is 2.27. The molecule has 1 N–H and O–H groups in total. The molecule has 6 heteroatoms. The normalized spacial score (nSPS) is 12.1. The molecule has 0 unspecified atom stereocenters. The topological polar surface area (TPSA) is 24.9 Å². The van der Waals surface area contributed by atoms with Gasteiger partial charge in [0.25, 0.3) is 0 Å². The average molecular weight is 252 g/mol. The summed E-state index contributed by atoms with van der Waals surface area (Å²) in [5.74, 6) is 0. The molecule has 0 spiro atoms. The van der Waals surface area contributed by atoms with E-state index in [9.17, 15) is 13.2 Å². The number of halogens is 3. The number of aromatic nitrogens is 1. The van der Waals surface area contributed by atoms with Gasteiger partial charge in [-0.3, -0.25) is 0 Å². The highest BCUT2D eigenvalue weighted by Gasteiger charge is 2.30. The Hall–Kier alpha value is -0.620. The Balaban J connectivity index is 2.83. The third kappa shape index (κ3) is 4.09. The summed E-state index contributed by atoms with van der Waals surface area (Å²) < 4.78 is 36.6. The Morgan fingerprint density at radius 1 is 1.38 bits per heavy atom. The predicted molar refractivity (Wildman–Crippen MR) is 58.6 cm³/mol. The Bertz CT molecular complexity index is 310. The Kier molecular flexibility index (Phi) is 4.73. The summed E-state index contributed by atoms with van der Waals surface area (Å²) in [5, 5.41) is 3.12. The molecule has 0 aromatic carbocycles. The molecule has 1 rings (SSSR count). The minimum absolute atomic E-state index is 0.168. The van der Waals surface area contributed by atoms with E-state index < -0.39 is 12.6 Å². The first-order chi connectivity index (χ1) is 7.46. The molecule has 0 aliphatic rings. The predicted octanol–water partition coefficient (Wildman–Crippen LogP) is 2.92. The quantitative estimate of drug-likeness (QED) is 0.871. The lowest BCUT2D eigenvalue weighted by Gasteiger charge is -2.01. The van der Waals surface area contributed by atoms with Crippen LogP contribution in [-0.2, 0) is 19.4 Å². The minimum Gasteiger partial charge on any atom is -0.315 e. The van der Waals surface area contributed by atoms with Crippen LogP contribution in [0.2, 0.25) is 0 Å². The van der Waals surface area contributed by atoms with Crippen molar-refractivity contribution in [1.29, 1.82) is 0 Å². The van der Waals surface area contributed by atoms with Gasteiger partial charge in [-0.2, -0.15) is 13.2 Å². The number of rotatable bonds is 5. The fourth-order valence-electron chi connectivity index (χ4n) is 1.41. The monoisotopic (exact) mass is 252 g/mol. The zero-order valence-corrected chi connectivity index (χ0v) is 10.1. The van der Waals surface area contributed by atoms with E-state index in [-0.39, 0.29) is 5.01 Å². The van der Waals surface area contributed by atoms with Crippen LogP contribution in [0.25, 0.3) is 0 Å². The molecule has 1 heterocycles. The number of nitrogens with one attached hydrogen (secondary N) is 1. The summed E-state index contributed by atoms with van der Waals surface area (Å²) in [4.78, 5) is 4.98. The molecule has 0 atom stereocenters. The summed E-state index contributed by atoms with van der Waals surface area (Å²) in [7, 11) is 1.78. The van der Waals surface area contributed by atoms with Crippen LogP contribution in [-0.4, -0.2) is 18.2 Å². The summed E-state index contributed by atoms with van der Waals surface area (Å²) in [5.41, 5.74) is 0.807. The molecule has 2 nitrogen and oxygen atoms in total. The van der Waals surface area contributed by atoms with Crippen molar-refractivity contribution in [2.45, 2.75) is 38.9 Å². The van der Waals surface area contributed by atoms with Crippen molar-refractivity contribution < 1.29 is 13.2 Å². The minimum atomic E-state index is -4.17. The summed E-state index contributed by atoms with van der Waals surface area (Å²) in [6.07, 6.45) is -3.45. The number of alkyl halides is 3. The lowest BCUT2D eigenvalue weighted by atomic mass is 10.2. The fraction of sp³-hybridized carbons (Fsp3) is 0.700. The first-order valence-electron chi connectivity index (χ1n) is 5.15. The largest absolute Gasteiger partial charge is 0.395 e. The van der Waals surface area contributed by atoms with Crippen LogP contribution in [0.15, 0.2) is 0 Å². The van der Waals surface area contributed by atoms with Gasteiger partial charge in [-0.25, -0.2) is 4.98 Å². The molecular formula is C10H15F3N2S. The van der Waals surface area contributed by atoms with Crippen LogP contribution in [0.4, 0.5) is 13.2 Å². The molecule has 0 aliphatic carbocycles. The molecular weight excluding hydrogens is 237 g/mol. The van der Waals surface area contributed by atoms with Crippen LogP contribution in [0.3, 0.4) is 0 Å². The molecule has 0 aliphatic heterocycles. The molecule has 0 amide bonds. The van der Waals surface area contributed by atoms with Crippen molar-refractivity contribution in [2.75, 3.05) is 7.05 Å². The molecule has 0 fully saturated rings. The third-order valence-corrected chi connectivity index (χ3v) is 3.10. The average Bonchev–Trinajstić information content (AvgIpc) is 2.46. The maximum atomic E-state index is 12.2. The van der Waals surface area contributed by atoms with Gasteiger partial charge in [-0.05, 0) is 13.5 Å². The molecule has 92 valence electrons. The fourth-order valence-corrected chi connectivity index (χ4v) is 2.57. The van der Waals surface area contributed by atoms with Crippen LogP contribution in [0.1, 0.15) is 28.9 Å². The van der Waals surface area contributed by atoms with Crippen molar-refractivity contribution in [3.05, 3.63) is 15.6 Å². The molecule has 0 saturated carbocycles. The van der Waals surface area contributed by atoms with Gasteiger partial charge in [0.2, 0.25) is 0 Å². The Labute approximate surface area is 96.9 Å². The molecule has 0 bridgehead atoms. The van der Waals surface area contributed by atoms with Crippen molar-refractivity contribution in [3.8, 4) is 0 Å². The van der Waals surface area contributed by atoms with E-state index in [2.05, 4.69) is 10.3 Å². The molecule has 0 radical (unpaired) electrons. The second-order valence-electron chi connectivity index (χ2n) is 3.55. The van der Waals surface area contributed by atoms with E-state index in [1.807, 2.05) is 6.92 Å². The van der Waals surface area contributed by atoms with Crippen molar-refractivity contribution >= 4 is 11.3 Å². The van der Waals surface area contributed by atoms with E-state index in [0.29, 0.717) is 6.54 Å². The van der Waals surface area contributed by atoms with E-state index in [0.717, 1.165) is 34.7 Å². The Morgan fingerprint density at radius 3 is 2.56 bits per heavy atom. The highest BCUT2D eigenvalue weighted by molar-refractivity contribution is 7.11. The molecule has 16 heavy (non-hydrogen) atoms. The van der Waals surface area contributed by atoms with Crippen molar-refractivity contribution in [1.82, 2.24) is 10.3 Å². The van der Waals surface area contributed by atoms with Gasteiger partial charge in [-0.1, -0.05) is 13.3 Å². The first kappa shape index (κ1) is 13.4. The van der Waals surface area contributed by atoms with Crippen LogP contribution < -0.4 is 5.32 Å². The highest BCUT2D eigenvalue weighted by atomic mass is 32.1. The van der Waals surface area contributed by atoms with Gasteiger partial charge in [-0.15, -0.1) is 11.3 Å². The van der Waals surface area contributed by atoms with Gasteiger partial charge in [0.1, 0.15) is 5.01 Å². The second-order valence-corrected chi connectivity index (χ2v) is 4.72. The van der Waals surface area contributed by atoms with Crippen LogP contribution in [0.5, 0.6) is 0 Å². The summed E-state index contributed by atoms with van der Waals surface area (Å²) in [6, 6.07) is 0. The van der Waals surface area contributed by atoms with E-state index in [4.69, 9.17) is 0 Å². The molecule has 1 aromatic rings. The van der Waals surface area contributed by atoms with Crippen LogP contribution >= 0.6 is 11.3 Å². The maximum absolute atomic E-state index is 12.2. The van der Waals surface area contributed by atoms with E-state index >= 15 is 0 Å². The van der Waals surface area contributed by atoms with E-state index in [1.54, 1.807) is 7.05 Å². The SMILES string of the molecule is CCCc1nc(CC(F)(F)F)sc1CNC. The van der Waals surface area contributed by atoms with Crippen molar-refractivity contribution in [2.24, 2.45) is 0 Å². The third-order valence-electron chi connectivity index (χ3n) is 2.00. The number of thiazole rings is 1.